The molecule has 0 unspecified atom stereocenters. The number of carbonyl (C=O) groups is 9. The number of alkyl carbamates (subject to hydrolysis) is 1. The molecular formula is C55H61FN8O14. The summed E-state index contributed by atoms with van der Waals surface area (Å²) < 4.78 is 27.8. The monoisotopic (exact) mass is 1080 g/mol. The number of fused-ring (bicyclic) bond motifs is 5. The Morgan fingerprint density at radius 3 is 2.29 bits per heavy atom. The molecule has 7 amide bonds. The third-order valence-corrected chi connectivity index (χ3v) is 14.7. The number of anilines is 1. The Hall–Kier alpha value is -8.34. The number of aromatic nitrogens is 2. The molecule has 2 aromatic heterocycles. The number of halogens is 1. The topological polar surface area (TPSA) is 311 Å². The lowest BCUT2D eigenvalue weighted by Gasteiger charge is -2.31. The second-order valence-corrected chi connectivity index (χ2v) is 20.3. The largest absolute Gasteiger partial charge is 0.481 e. The van der Waals surface area contributed by atoms with Gasteiger partial charge in [0.05, 0.1) is 35.1 Å². The van der Waals surface area contributed by atoms with Gasteiger partial charge in [-0.15, -0.1) is 0 Å². The number of hydrogen-bond donors (Lipinski definition) is 7. The van der Waals surface area contributed by atoms with Crippen LogP contribution in [0, 0.1) is 18.7 Å². The number of ether oxygens (including phenoxy) is 2. The highest BCUT2D eigenvalue weighted by Gasteiger charge is 2.46. The van der Waals surface area contributed by atoms with Crippen LogP contribution in [0.1, 0.15) is 124 Å². The highest BCUT2D eigenvalue weighted by atomic mass is 19.1. The minimum atomic E-state index is -2.05. The van der Waals surface area contributed by atoms with Gasteiger partial charge in [0.15, 0.2) is 5.60 Å². The molecule has 4 aliphatic rings. The van der Waals surface area contributed by atoms with Crippen molar-refractivity contribution in [1.82, 2.24) is 35.7 Å². The molecule has 1 aliphatic carbocycles. The number of pyridine rings is 2. The minimum absolute atomic E-state index is 0.0199. The molecule has 8 rings (SSSR count). The minimum Gasteiger partial charge on any atom is -0.481 e. The number of amides is 7. The quantitative estimate of drug-likeness (QED) is 0.0312. The van der Waals surface area contributed by atoms with Crippen LogP contribution in [0.25, 0.3) is 22.3 Å². The standard InChI is InChI=1S/C55H61FN8O14/c1-6-55(76)35-22-40-48-33(24-64(40)52(73)34(35)26-77-53(55)74)46-37(16-15-32-28(4)36(56)23-39(60-48)45(32)46)61-54(75)78-25-30-11-13-31(14-12-30)58-49(70)29(5)57-51(72)47(27(2)3)62-50(71)38(17-20-44(68)69)59-41(65)10-8-7-9-21-63-42(66)18-19-43(63)67/h11-14,18-19,22-23,27,29,37-38,47,76H,6-10,15-17,20-21,24-26H2,1-5H3,(H,57,72)(H,58,70)(H,59,65)(H,61,75)(H,62,71)(H,68,69)/t29-,37-,38-,47-,55-/m0/s1. The number of esters is 1. The van der Waals surface area contributed by atoms with Crippen LogP contribution in [0.4, 0.5) is 14.9 Å². The summed E-state index contributed by atoms with van der Waals surface area (Å²) in [5, 5.41) is 34.8. The molecule has 0 bridgehead atoms. The number of imide groups is 1. The number of nitrogens with zero attached hydrogens (tertiary/aromatic N) is 3. The van der Waals surface area contributed by atoms with Crippen molar-refractivity contribution in [3.63, 3.8) is 0 Å². The van der Waals surface area contributed by atoms with Crippen LogP contribution in [0.15, 0.2) is 53.3 Å². The van der Waals surface area contributed by atoms with Gasteiger partial charge in [0.25, 0.3) is 17.4 Å². The Balaban J connectivity index is 0.853. The van der Waals surface area contributed by atoms with Crippen LogP contribution in [0.2, 0.25) is 0 Å². The fourth-order valence-electron chi connectivity index (χ4n) is 10.3. The summed E-state index contributed by atoms with van der Waals surface area (Å²) in [7, 11) is 0. The number of rotatable bonds is 21. The Kier molecular flexibility index (Phi) is 16.5. The van der Waals surface area contributed by atoms with Gasteiger partial charge in [-0.1, -0.05) is 39.3 Å². The summed E-state index contributed by atoms with van der Waals surface area (Å²) in [5.41, 5.74) is 2.13. The average Bonchev–Trinajstić information content (AvgIpc) is 4.14. The first-order valence-electron chi connectivity index (χ1n) is 25.9. The molecule has 3 aliphatic heterocycles. The predicted octanol–water partition coefficient (Wildman–Crippen LogP) is 3.86. The maximum atomic E-state index is 15.4. The van der Waals surface area contributed by atoms with Crippen molar-refractivity contribution in [3.05, 3.63) is 104 Å². The summed E-state index contributed by atoms with van der Waals surface area (Å²) in [5.74, 6) is -6.49. The van der Waals surface area contributed by atoms with Crippen LogP contribution < -0.4 is 32.1 Å². The maximum Gasteiger partial charge on any atom is 0.407 e. The molecule has 7 N–H and O–H groups in total. The molecular weight excluding hydrogens is 1020 g/mol. The van der Waals surface area contributed by atoms with E-state index in [0.717, 1.165) is 10.5 Å². The van der Waals surface area contributed by atoms with Crippen molar-refractivity contribution in [2.75, 3.05) is 11.9 Å². The third-order valence-electron chi connectivity index (χ3n) is 14.7. The molecule has 22 nitrogen and oxygen atoms in total. The van der Waals surface area contributed by atoms with Crippen molar-refractivity contribution in [2.45, 2.75) is 142 Å². The lowest BCUT2D eigenvalue weighted by atomic mass is 9.81. The van der Waals surface area contributed by atoms with E-state index in [2.05, 4.69) is 26.6 Å². The Labute approximate surface area is 446 Å². The molecule has 412 valence electrons. The van der Waals surface area contributed by atoms with E-state index in [1.165, 1.54) is 29.7 Å². The Morgan fingerprint density at radius 2 is 1.62 bits per heavy atom. The van der Waals surface area contributed by atoms with E-state index in [0.29, 0.717) is 82.3 Å². The van der Waals surface area contributed by atoms with Crippen LogP contribution in [0.5, 0.6) is 0 Å². The zero-order valence-electron chi connectivity index (χ0n) is 43.7. The summed E-state index contributed by atoms with van der Waals surface area (Å²) >= 11 is 0. The zero-order valence-corrected chi connectivity index (χ0v) is 43.7. The van der Waals surface area contributed by atoms with E-state index >= 15 is 4.39 Å². The first-order valence-corrected chi connectivity index (χ1v) is 25.9. The van der Waals surface area contributed by atoms with E-state index in [-0.39, 0.29) is 56.7 Å². The van der Waals surface area contributed by atoms with Crippen molar-refractivity contribution >= 4 is 70.1 Å². The number of carboxylic acid groups (broad SMARTS) is 1. The number of carbonyl (C=O) groups excluding carboxylic acids is 8. The molecule has 2 aromatic carbocycles. The van der Waals surface area contributed by atoms with Crippen LogP contribution in [0.3, 0.4) is 0 Å². The molecule has 0 spiro atoms. The van der Waals surface area contributed by atoms with Crippen molar-refractivity contribution in [3.8, 4) is 11.4 Å². The number of benzene rings is 2. The number of aliphatic carboxylic acids is 1. The number of aryl methyl sites for hydroxylation is 1. The van der Waals surface area contributed by atoms with Crippen LogP contribution in [-0.2, 0) is 79.6 Å². The zero-order chi connectivity index (χ0) is 56.3. The van der Waals surface area contributed by atoms with Gasteiger partial charge in [0.1, 0.15) is 37.2 Å². The highest BCUT2D eigenvalue weighted by Crippen LogP contribution is 2.46. The molecule has 23 heteroatoms. The van der Waals surface area contributed by atoms with Gasteiger partial charge < -0.3 is 50.8 Å². The number of cyclic esters (lactones) is 1. The first kappa shape index (κ1) is 55.9. The molecule has 0 saturated heterocycles. The van der Waals surface area contributed by atoms with Crippen molar-refractivity contribution in [1.29, 1.82) is 0 Å². The fourth-order valence-corrected chi connectivity index (χ4v) is 10.3. The number of hydrogen-bond acceptors (Lipinski definition) is 14. The third kappa shape index (κ3) is 11.5. The Morgan fingerprint density at radius 1 is 0.897 bits per heavy atom. The summed E-state index contributed by atoms with van der Waals surface area (Å²) in [6, 6.07) is 5.04. The molecule has 0 fully saturated rings. The van der Waals surface area contributed by atoms with Gasteiger partial charge in [-0.05, 0) is 98.7 Å². The summed E-state index contributed by atoms with van der Waals surface area (Å²) in [4.78, 5) is 134. The molecule has 5 heterocycles. The van der Waals surface area contributed by atoms with E-state index in [4.69, 9.17) is 14.5 Å². The SMILES string of the molecule is CC[C@@]1(O)C(=O)OCc2c1cc1n(c2=O)Cc2c-1nc1cc(F)c(C)c3c1c2[C@@H](NC(=O)OCc1ccc(NC(=O)[C@H](C)NC(=O)[C@@H](NC(=O)[C@H](CCC(=O)O)NC(=O)CCCCCN2C(=O)C=CC2=O)C(C)C)cc1)CC3. The number of aliphatic hydroxyl groups is 1. The smallest absolute Gasteiger partial charge is 0.407 e. The predicted molar refractivity (Wildman–Crippen MR) is 276 cm³/mol. The van der Waals surface area contributed by atoms with Gasteiger partial charge >= 0.3 is 18.0 Å². The van der Waals surface area contributed by atoms with E-state index in [1.807, 2.05) is 0 Å². The van der Waals surface area contributed by atoms with Gasteiger partial charge in [-0.3, -0.25) is 43.3 Å². The van der Waals surface area contributed by atoms with Crippen LogP contribution >= 0.6 is 0 Å². The Bertz CT molecular complexity index is 3230. The first-order chi connectivity index (χ1) is 37.1. The normalized spacial score (nSPS) is 18.1. The molecule has 78 heavy (non-hydrogen) atoms. The average molecular weight is 1080 g/mol. The van der Waals surface area contributed by atoms with Gasteiger partial charge in [-0.25, -0.2) is 19.0 Å². The summed E-state index contributed by atoms with van der Waals surface area (Å²) in [6.07, 6.45) is 2.90. The van der Waals surface area contributed by atoms with Crippen molar-refractivity contribution in [2.24, 2.45) is 5.92 Å². The molecule has 4 aromatic rings. The molecule has 0 saturated carbocycles. The van der Waals surface area contributed by atoms with Gasteiger partial charge in [-0.2, -0.15) is 0 Å². The van der Waals surface area contributed by atoms with Gasteiger partial charge in [0, 0.05) is 59.8 Å². The maximum absolute atomic E-state index is 15.4. The van der Waals surface area contributed by atoms with Gasteiger partial charge in [0.2, 0.25) is 23.6 Å². The van der Waals surface area contributed by atoms with Crippen molar-refractivity contribution < 1.29 is 67.2 Å². The lowest BCUT2D eigenvalue weighted by Crippen LogP contribution is -2.57. The lowest BCUT2D eigenvalue weighted by molar-refractivity contribution is -0.172. The second-order valence-electron chi connectivity index (χ2n) is 20.3. The van der Waals surface area contributed by atoms with Crippen LogP contribution in [-0.4, -0.2) is 103 Å². The highest BCUT2D eigenvalue weighted by molar-refractivity contribution is 6.12. The summed E-state index contributed by atoms with van der Waals surface area (Å²) in [6.45, 7) is 7.79. The number of unbranched alkanes of at least 4 members (excludes halogenated alkanes) is 2. The van der Waals surface area contributed by atoms with E-state index in [1.54, 1.807) is 58.0 Å². The van der Waals surface area contributed by atoms with E-state index < -0.39 is 107 Å². The number of carboxylic acids is 1. The number of nitrogens with one attached hydrogen (secondary N) is 5. The van der Waals surface area contributed by atoms with E-state index in [9.17, 15) is 58.2 Å². The second kappa shape index (κ2) is 23.1. The molecule has 0 radical (unpaired) electrons. The fraction of sp³-hybridized carbons (Fsp3) is 0.436. The molecule has 5 atom stereocenters.